The van der Waals surface area contributed by atoms with Crippen molar-refractivity contribution in [2.45, 2.75) is 33.1 Å². The van der Waals surface area contributed by atoms with Gasteiger partial charge in [0.2, 0.25) is 5.91 Å². The third-order valence-electron chi connectivity index (χ3n) is 3.99. The fraction of sp³-hybridized carbons (Fsp3) is 0.562. The van der Waals surface area contributed by atoms with Gasteiger partial charge in [-0.3, -0.25) is 4.79 Å². The van der Waals surface area contributed by atoms with Crippen LogP contribution in [0.3, 0.4) is 0 Å². The van der Waals surface area contributed by atoms with Gasteiger partial charge >= 0.3 is 0 Å². The van der Waals surface area contributed by atoms with Gasteiger partial charge in [0.05, 0.1) is 13.5 Å². The maximum absolute atomic E-state index is 12.1. The first kappa shape index (κ1) is 17.0. The Hall–Kier alpha value is -1.03. The number of amides is 1. The van der Waals surface area contributed by atoms with Crippen molar-refractivity contribution in [1.29, 1.82) is 0 Å². The van der Waals surface area contributed by atoms with E-state index in [1.54, 1.807) is 7.11 Å². The minimum atomic E-state index is 0.0433. The number of carbonyl (C=O) groups excluding carboxylic acids is 1. The maximum atomic E-state index is 12.1. The molecule has 0 atom stereocenters. The second-order valence-electron chi connectivity index (χ2n) is 5.11. The third-order valence-corrected chi connectivity index (χ3v) is 5.18. The lowest BCUT2D eigenvalue weighted by atomic mass is 9.84. The van der Waals surface area contributed by atoms with Crippen LogP contribution >= 0.6 is 15.9 Å². The molecule has 0 bridgehead atoms. The number of benzene rings is 1. The Balaban J connectivity index is 2.60. The summed E-state index contributed by atoms with van der Waals surface area (Å²) < 4.78 is 5.27. The lowest BCUT2D eigenvalue weighted by molar-refractivity contribution is -0.120. The predicted molar refractivity (Wildman–Crippen MR) is 86.5 cm³/mol. The molecule has 0 aliphatic heterocycles. The van der Waals surface area contributed by atoms with Crippen LogP contribution in [0.5, 0.6) is 5.75 Å². The number of methoxy groups -OCH3 is 1. The highest BCUT2D eigenvalue weighted by molar-refractivity contribution is 9.09. The van der Waals surface area contributed by atoms with Crippen molar-refractivity contribution in [2.75, 3.05) is 19.0 Å². The molecule has 0 spiro atoms. The highest BCUT2D eigenvalue weighted by Gasteiger charge is 2.25. The molecule has 0 heterocycles. The van der Waals surface area contributed by atoms with Crippen LogP contribution in [0.1, 0.15) is 32.3 Å². The van der Waals surface area contributed by atoms with Crippen molar-refractivity contribution >= 4 is 21.8 Å². The number of hydrogen-bond acceptors (Lipinski definition) is 2. The minimum Gasteiger partial charge on any atom is -0.496 e. The predicted octanol–water partition coefficient (Wildman–Crippen LogP) is 3.56. The van der Waals surface area contributed by atoms with Crippen LogP contribution in [-0.2, 0) is 11.2 Å². The van der Waals surface area contributed by atoms with Crippen LogP contribution in [0, 0.1) is 5.41 Å². The molecule has 112 valence electrons. The Morgan fingerprint density at radius 1 is 1.30 bits per heavy atom. The lowest BCUT2D eigenvalue weighted by Crippen LogP contribution is -2.38. The van der Waals surface area contributed by atoms with Gasteiger partial charge in [-0.2, -0.15) is 0 Å². The second kappa shape index (κ2) is 8.30. The Morgan fingerprint density at radius 3 is 2.50 bits per heavy atom. The van der Waals surface area contributed by atoms with Crippen LogP contribution in [0.4, 0.5) is 0 Å². The third kappa shape index (κ3) is 4.51. The zero-order chi connectivity index (χ0) is 15.0. The number of hydrogen-bond donors (Lipinski definition) is 1. The van der Waals surface area contributed by atoms with Crippen molar-refractivity contribution in [3.63, 3.8) is 0 Å². The molecule has 1 N–H and O–H groups in total. The number of ether oxygens (including phenoxy) is 1. The standard InChI is InChI=1S/C16H24BrNO2/c1-4-16(5-2,11-17)12-18-15(19)10-13-8-6-7-9-14(13)20-3/h6-9H,4-5,10-12H2,1-3H3,(H,18,19). The molecule has 0 aliphatic carbocycles. The van der Waals surface area contributed by atoms with Crippen LogP contribution in [0.25, 0.3) is 0 Å². The van der Waals surface area contributed by atoms with Crippen LogP contribution in [-0.4, -0.2) is 24.9 Å². The molecule has 0 aliphatic rings. The average Bonchev–Trinajstić information content (AvgIpc) is 2.50. The van der Waals surface area contributed by atoms with Crippen molar-refractivity contribution < 1.29 is 9.53 Å². The normalized spacial score (nSPS) is 11.2. The van der Waals surface area contributed by atoms with Crippen molar-refractivity contribution in [3.8, 4) is 5.75 Å². The number of rotatable bonds is 8. The molecule has 0 unspecified atom stereocenters. The summed E-state index contributed by atoms with van der Waals surface area (Å²) in [5.41, 5.74) is 1.07. The number of nitrogens with one attached hydrogen (secondary N) is 1. The van der Waals surface area contributed by atoms with Gasteiger partial charge in [-0.1, -0.05) is 48.0 Å². The van der Waals surface area contributed by atoms with Crippen LogP contribution in [0.15, 0.2) is 24.3 Å². The van der Waals surface area contributed by atoms with Crippen LogP contribution in [0.2, 0.25) is 0 Å². The van der Waals surface area contributed by atoms with Gasteiger partial charge in [0.1, 0.15) is 5.75 Å². The molecule has 1 amide bonds. The summed E-state index contributed by atoms with van der Waals surface area (Å²) in [5.74, 6) is 0.808. The van der Waals surface area contributed by atoms with E-state index in [1.807, 2.05) is 24.3 Å². The molecule has 1 aromatic carbocycles. The minimum absolute atomic E-state index is 0.0433. The maximum Gasteiger partial charge on any atom is 0.224 e. The molecule has 0 saturated carbocycles. The topological polar surface area (TPSA) is 38.3 Å². The Labute approximate surface area is 130 Å². The summed E-state index contributed by atoms with van der Waals surface area (Å²) in [5, 5.41) is 3.96. The number of halogens is 1. The second-order valence-corrected chi connectivity index (χ2v) is 5.67. The van der Waals surface area contributed by atoms with Crippen LogP contribution < -0.4 is 10.1 Å². The van der Waals surface area contributed by atoms with E-state index >= 15 is 0 Å². The summed E-state index contributed by atoms with van der Waals surface area (Å²) >= 11 is 3.56. The van der Waals surface area contributed by atoms with Gasteiger partial charge < -0.3 is 10.1 Å². The van der Waals surface area contributed by atoms with Gasteiger partial charge in [-0.25, -0.2) is 0 Å². The first-order valence-electron chi connectivity index (χ1n) is 7.05. The van der Waals surface area contributed by atoms with E-state index in [0.717, 1.165) is 29.5 Å². The zero-order valence-electron chi connectivity index (χ0n) is 12.5. The summed E-state index contributed by atoms with van der Waals surface area (Å²) in [6.07, 6.45) is 2.45. The average molecular weight is 342 g/mol. The molecule has 3 nitrogen and oxygen atoms in total. The molecule has 20 heavy (non-hydrogen) atoms. The fourth-order valence-corrected chi connectivity index (χ4v) is 3.10. The zero-order valence-corrected chi connectivity index (χ0v) is 14.1. The molecule has 1 aromatic rings. The van der Waals surface area contributed by atoms with E-state index in [0.29, 0.717) is 13.0 Å². The van der Waals surface area contributed by atoms with Gasteiger partial charge in [0.15, 0.2) is 0 Å². The molecule has 0 fully saturated rings. The van der Waals surface area contributed by atoms with E-state index < -0.39 is 0 Å². The van der Waals surface area contributed by atoms with Gasteiger partial charge in [0.25, 0.3) is 0 Å². The van der Waals surface area contributed by atoms with Gasteiger partial charge in [-0.15, -0.1) is 0 Å². The molecule has 1 rings (SSSR count). The van der Waals surface area contributed by atoms with E-state index in [1.165, 1.54) is 0 Å². The van der Waals surface area contributed by atoms with E-state index in [-0.39, 0.29) is 11.3 Å². The fourth-order valence-electron chi connectivity index (χ4n) is 2.11. The van der Waals surface area contributed by atoms with E-state index in [4.69, 9.17) is 4.74 Å². The first-order valence-corrected chi connectivity index (χ1v) is 8.17. The summed E-state index contributed by atoms with van der Waals surface area (Å²) in [6.45, 7) is 5.04. The van der Waals surface area contributed by atoms with E-state index in [9.17, 15) is 4.79 Å². The molecule has 0 saturated heterocycles. The van der Waals surface area contributed by atoms with Crippen molar-refractivity contribution in [3.05, 3.63) is 29.8 Å². The Bertz CT molecular complexity index is 422. The molecule has 4 heteroatoms. The highest BCUT2D eigenvalue weighted by atomic mass is 79.9. The summed E-state index contributed by atoms with van der Waals surface area (Å²) in [6, 6.07) is 7.63. The molecular weight excluding hydrogens is 318 g/mol. The summed E-state index contributed by atoms with van der Waals surface area (Å²) in [7, 11) is 1.63. The molecule has 0 radical (unpaired) electrons. The Morgan fingerprint density at radius 2 is 1.95 bits per heavy atom. The molecular formula is C16H24BrNO2. The van der Waals surface area contributed by atoms with E-state index in [2.05, 4.69) is 35.1 Å². The number of para-hydroxylation sites is 1. The number of carbonyl (C=O) groups is 1. The smallest absolute Gasteiger partial charge is 0.224 e. The first-order chi connectivity index (χ1) is 9.60. The monoisotopic (exact) mass is 341 g/mol. The lowest BCUT2D eigenvalue weighted by Gasteiger charge is -2.29. The summed E-state index contributed by atoms with van der Waals surface area (Å²) in [4.78, 5) is 12.1. The molecule has 0 aromatic heterocycles. The van der Waals surface area contributed by atoms with Gasteiger partial charge in [0, 0.05) is 17.4 Å². The van der Waals surface area contributed by atoms with Crippen molar-refractivity contribution in [1.82, 2.24) is 5.32 Å². The SMILES string of the molecule is CCC(CC)(CBr)CNC(=O)Cc1ccccc1OC. The number of alkyl halides is 1. The largest absolute Gasteiger partial charge is 0.496 e. The highest BCUT2D eigenvalue weighted by Crippen LogP contribution is 2.27. The Kier molecular flexibility index (Phi) is 7.06. The van der Waals surface area contributed by atoms with Gasteiger partial charge in [-0.05, 0) is 24.3 Å². The van der Waals surface area contributed by atoms with Crippen molar-refractivity contribution in [2.24, 2.45) is 5.41 Å². The quantitative estimate of drug-likeness (QED) is 0.734.